The van der Waals surface area contributed by atoms with Crippen molar-refractivity contribution in [3.05, 3.63) is 54.3 Å². The van der Waals surface area contributed by atoms with Gasteiger partial charge in [0.1, 0.15) is 0 Å². The van der Waals surface area contributed by atoms with E-state index < -0.39 is 38.7 Å². The molecule has 4 rings (SSSR count). The lowest BCUT2D eigenvalue weighted by molar-refractivity contribution is -0.189. The lowest BCUT2D eigenvalue weighted by atomic mass is 9.67. The number of alkyl halides is 3. The van der Waals surface area contributed by atoms with E-state index in [4.69, 9.17) is 10.5 Å². The Kier molecular flexibility index (Phi) is 7.72. The fraction of sp³-hybridized carbons (Fsp3) is 0.458. The zero-order valence-corrected chi connectivity index (χ0v) is 21.3. The number of carbonyl (C=O) groups is 1. The second-order valence-corrected chi connectivity index (χ2v) is 11.1. The number of halogens is 3. The van der Waals surface area contributed by atoms with Crippen molar-refractivity contribution in [1.82, 2.24) is 19.9 Å². The first-order chi connectivity index (χ1) is 17.9. The molecular weight excluding hydrogens is 525 g/mol. The van der Waals surface area contributed by atoms with E-state index in [0.29, 0.717) is 25.1 Å². The third-order valence-electron chi connectivity index (χ3n) is 6.41. The number of hydrogen-bond acceptors (Lipinski definition) is 8. The summed E-state index contributed by atoms with van der Waals surface area (Å²) in [6, 6.07) is 1.53. The predicted octanol–water partition coefficient (Wildman–Crippen LogP) is 3.20. The number of nitrogens with one attached hydrogen (secondary N) is 1. The van der Waals surface area contributed by atoms with Crippen LogP contribution in [0.1, 0.15) is 44.0 Å². The standard InChI is InChI=1S/C24H27F3N6O4S/c1-2-37-20-14-29-13-18(32-20)15-7-10-23(21(28)34,19(12-15)24(25,26)27)9-3-4-16-8-11-30-22(31-16)33-38(35,36)17-5-6-17/h7-8,10-14,17,19H,2-6,9H2,1H3,(H2,28,34)(H,30,31,33). The number of ether oxygens (including phenoxy) is 1. The average molecular weight is 553 g/mol. The molecule has 0 saturated heterocycles. The second kappa shape index (κ2) is 10.7. The number of aryl methyl sites for hydroxylation is 1. The molecule has 1 amide bonds. The van der Waals surface area contributed by atoms with Gasteiger partial charge in [0.05, 0.1) is 41.3 Å². The summed E-state index contributed by atoms with van der Waals surface area (Å²) in [5, 5.41) is -0.465. The zero-order valence-electron chi connectivity index (χ0n) is 20.5. The predicted molar refractivity (Wildman–Crippen MR) is 132 cm³/mol. The van der Waals surface area contributed by atoms with Gasteiger partial charge in [0, 0.05) is 11.9 Å². The number of anilines is 1. The highest BCUT2D eigenvalue weighted by Crippen LogP contribution is 2.49. The Morgan fingerprint density at radius 1 is 1.26 bits per heavy atom. The van der Waals surface area contributed by atoms with E-state index in [1.165, 1.54) is 36.8 Å². The first-order valence-electron chi connectivity index (χ1n) is 12.0. The molecule has 2 heterocycles. The third-order valence-corrected chi connectivity index (χ3v) is 8.22. The van der Waals surface area contributed by atoms with Crippen LogP contribution in [0.2, 0.25) is 0 Å². The molecule has 2 aromatic heterocycles. The smallest absolute Gasteiger partial charge is 0.396 e. The molecule has 38 heavy (non-hydrogen) atoms. The van der Waals surface area contributed by atoms with Crippen molar-refractivity contribution in [2.24, 2.45) is 17.1 Å². The fourth-order valence-electron chi connectivity index (χ4n) is 4.32. The maximum Gasteiger partial charge on any atom is 0.396 e. The SMILES string of the molecule is CCOc1cncc(C2=CC(C(F)(F)F)C(CCCc3ccnc(NS(=O)(=O)C4CC4)n3)(C(N)=O)C=C2)n1. The van der Waals surface area contributed by atoms with Crippen LogP contribution in [0.4, 0.5) is 19.1 Å². The summed E-state index contributed by atoms with van der Waals surface area (Å²) in [5.74, 6) is -3.25. The van der Waals surface area contributed by atoms with E-state index in [2.05, 4.69) is 24.7 Å². The van der Waals surface area contributed by atoms with Crippen LogP contribution in [0.5, 0.6) is 5.88 Å². The topological polar surface area (TPSA) is 150 Å². The summed E-state index contributed by atoms with van der Waals surface area (Å²) in [6.07, 6.45) is 3.98. The van der Waals surface area contributed by atoms with E-state index >= 15 is 0 Å². The van der Waals surface area contributed by atoms with Crippen LogP contribution in [0.15, 0.2) is 42.9 Å². The number of aromatic nitrogens is 4. The highest BCUT2D eigenvalue weighted by Gasteiger charge is 2.55. The van der Waals surface area contributed by atoms with Crippen LogP contribution < -0.4 is 15.2 Å². The zero-order chi connectivity index (χ0) is 27.6. The van der Waals surface area contributed by atoms with Gasteiger partial charge < -0.3 is 10.5 Å². The molecule has 0 bridgehead atoms. The Labute approximate surface area is 217 Å². The van der Waals surface area contributed by atoms with Crippen molar-refractivity contribution in [3.8, 4) is 5.88 Å². The van der Waals surface area contributed by atoms with E-state index in [0.717, 1.165) is 6.08 Å². The quantitative estimate of drug-likeness (QED) is 0.432. The molecule has 1 fully saturated rings. The van der Waals surface area contributed by atoms with Gasteiger partial charge in [-0.05, 0) is 50.7 Å². The number of carbonyl (C=O) groups excluding carboxylic acids is 1. The fourth-order valence-corrected chi connectivity index (χ4v) is 5.60. The van der Waals surface area contributed by atoms with Crippen LogP contribution in [0, 0.1) is 11.3 Å². The number of sulfonamides is 1. The van der Waals surface area contributed by atoms with Crippen molar-refractivity contribution in [2.75, 3.05) is 11.3 Å². The van der Waals surface area contributed by atoms with Gasteiger partial charge in [-0.25, -0.2) is 23.4 Å². The number of amides is 1. The highest BCUT2D eigenvalue weighted by atomic mass is 32.2. The number of nitrogens with zero attached hydrogens (tertiary/aromatic N) is 4. The Hall–Kier alpha value is -3.55. The van der Waals surface area contributed by atoms with Crippen LogP contribution in [-0.4, -0.2) is 52.3 Å². The molecule has 204 valence electrons. The van der Waals surface area contributed by atoms with Gasteiger partial charge in [-0.1, -0.05) is 18.2 Å². The van der Waals surface area contributed by atoms with Crippen molar-refractivity contribution < 1.29 is 31.1 Å². The van der Waals surface area contributed by atoms with Gasteiger partial charge in [-0.15, -0.1) is 0 Å². The molecule has 2 aromatic rings. The summed E-state index contributed by atoms with van der Waals surface area (Å²) in [7, 11) is -3.57. The number of primary amides is 1. The van der Waals surface area contributed by atoms with Gasteiger partial charge in [0.2, 0.25) is 27.8 Å². The van der Waals surface area contributed by atoms with E-state index in [9.17, 15) is 26.4 Å². The van der Waals surface area contributed by atoms with E-state index in [-0.39, 0.29) is 42.4 Å². The molecule has 2 aliphatic rings. The van der Waals surface area contributed by atoms with Crippen LogP contribution in [0.25, 0.3) is 5.57 Å². The maximum atomic E-state index is 14.3. The monoisotopic (exact) mass is 552 g/mol. The molecule has 3 N–H and O–H groups in total. The van der Waals surface area contributed by atoms with Crippen LogP contribution >= 0.6 is 0 Å². The van der Waals surface area contributed by atoms with Gasteiger partial charge >= 0.3 is 6.18 Å². The molecule has 1 saturated carbocycles. The van der Waals surface area contributed by atoms with Crippen molar-refractivity contribution in [1.29, 1.82) is 0 Å². The number of hydrogen-bond donors (Lipinski definition) is 2. The Bertz CT molecular complexity index is 1360. The third kappa shape index (κ3) is 6.11. The molecule has 0 aromatic carbocycles. The van der Waals surface area contributed by atoms with Crippen LogP contribution in [0.3, 0.4) is 0 Å². The van der Waals surface area contributed by atoms with Gasteiger partial charge in [-0.2, -0.15) is 13.2 Å². The minimum atomic E-state index is -4.78. The maximum absolute atomic E-state index is 14.3. The average Bonchev–Trinajstić information content (AvgIpc) is 3.70. The van der Waals surface area contributed by atoms with Gasteiger partial charge in [-0.3, -0.25) is 14.5 Å². The van der Waals surface area contributed by atoms with Crippen molar-refractivity contribution in [2.45, 2.75) is 50.5 Å². The second-order valence-electron chi connectivity index (χ2n) is 9.13. The van der Waals surface area contributed by atoms with E-state index in [1.807, 2.05) is 0 Å². The molecule has 2 unspecified atom stereocenters. The first-order valence-corrected chi connectivity index (χ1v) is 13.6. The lowest BCUT2D eigenvalue weighted by Gasteiger charge is -2.38. The van der Waals surface area contributed by atoms with Gasteiger partial charge in [0.15, 0.2) is 0 Å². The van der Waals surface area contributed by atoms with Gasteiger partial charge in [0.25, 0.3) is 0 Å². The summed E-state index contributed by atoms with van der Waals surface area (Å²) in [4.78, 5) is 28.8. The molecule has 0 aliphatic heterocycles. The lowest BCUT2D eigenvalue weighted by Crippen LogP contribution is -2.48. The largest absolute Gasteiger partial charge is 0.477 e. The summed E-state index contributed by atoms with van der Waals surface area (Å²) in [6.45, 7) is 2.05. The molecule has 2 aliphatic carbocycles. The number of rotatable bonds is 11. The molecule has 0 radical (unpaired) electrons. The molecule has 2 atom stereocenters. The van der Waals surface area contributed by atoms with Crippen molar-refractivity contribution in [3.63, 3.8) is 0 Å². The Balaban J connectivity index is 1.53. The van der Waals surface area contributed by atoms with Crippen LogP contribution in [-0.2, 0) is 21.2 Å². The number of nitrogens with two attached hydrogens (primary N) is 1. The summed E-state index contributed by atoms with van der Waals surface area (Å²) >= 11 is 0. The number of allylic oxidation sites excluding steroid dienone is 3. The minimum absolute atomic E-state index is 0.104. The Morgan fingerprint density at radius 2 is 2.03 bits per heavy atom. The first kappa shape index (κ1) is 27.5. The van der Waals surface area contributed by atoms with E-state index in [1.54, 1.807) is 6.92 Å². The molecule has 0 spiro atoms. The molecule has 14 heteroatoms. The highest BCUT2D eigenvalue weighted by molar-refractivity contribution is 7.93. The molecule has 10 nitrogen and oxygen atoms in total. The minimum Gasteiger partial charge on any atom is -0.477 e. The summed E-state index contributed by atoms with van der Waals surface area (Å²) in [5.41, 5.74) is 4.26. The normalized spacial score (nSPS) is 21.6. The Morgan fingerprint density at radius 3 is 2.68 bits per heavy atom. The summed E-state index contributed by atoms with van der Waals surface area (Å²) < 4.78 is 74.8. The molecular formula is C24H27F3N6O4S. The van der Waals surface area contributed by atoms with Crippen molar-refractivity contribution >= 4 is 27.5 Å².